The van der Waals surface area contributed by atoms with Crippen molar-refractivity contribution >= 4 is 12.1 Å². The van der Waals surface area contributed by atoms with Crippen LogP contribution in [-0.4, -0.2) is 42.8 Å². The van der Waals surface area contributed by atoms with E-state index in [2.05, 4.69) is 0 Å². The maximum absolute atomic E-state index is 13.3. The molecular weight excluding hydrogens is 337 g/mol. The first-order valence-electron chi connectivity index (χ1n) is 9.31. The Morgan fingerprint density at radius 2 is 1.69 bits per heavy atom. The van der Waals surface area contributed by atoms with E-state index in [0.717, 1.165) is 18.4 Å². The van der Waals surface area contributed by atoms with Crippen LogP contribution in [0.15, 0.2) is 24.3 Å². The highest BCUT2D eigenvalue weighted by Gasteiger charge is 2.48. The molecule has 1 aromatic carbocycles. The standard InChI is InChI=1S/C20H26FNO4/c1-3-26-18(23)20(14-4-6-15(21)7-5-14)12-10-17(11-13-20)22(16-8-9-16)19(24)25-2/h4-7,16-17H,3,8-13H2,1-2H3. The minimum atomic E-state index is -0.772. The number of ether oxygens (including phenoxy) is 2. The van der Waals surface area contributed by atoms with Gasteiger partial charge in [0.25, 0.3) is 0 Å². The van der Waals surface area contributed by atoms with Gasteiger partial charge in [-0.3, -0.25) is 4.79 Å². The highest BCUT2D eigenvalue weighted by molar-refractivity contribution is 5.83. The topological polar surface area (TPSA) is 55.8 Å². The van der Waals surface area contributed by atoms with Crippen LogP contribution in [0.2, 0.25) is 0 Å². The molecule has 0 heterocycles. The molecule has 0 N–H and O–H groups in total. The number of methoxy groups -OCH3 is 1. The molecule has 0 unspecified atom stereocenters. The highest BCUT2D eigenvalue weighted by Crippen LogP contribution is 2.44. The summed E-state index contributed by atoms with van der Waals surface area (Å²) in [5.74, 6) is -0.590. The molecule has 26 heavy (non-hydrogen) atoms. The summed E-state index contributed by atoms with van der Waals surface area (Å²) in [6, 6.07) is 6.43. The predicted molar refractivity (Wildman–Crippen MR) is 94.2 cm³/mol. The quantitative estimate of drug-likeness (QED) is 0.747. The largest absolute Gasteiger partial charge is 0.465 e. The first kappa shape index (κ1) is 18.7. The summed E-state index contributed by atoms with van der Waals surface area (Å²) in [4.78, 5) is 26.8. The summed E-state index contributed by atoms with van der Waals surface area (Å²) in [6.07, 6.45) is 4.26. The van der Waals surface area contributed by atoms with Crippen molar-refractivity contribution in [3.63, 3.8) is 0 Å². The van der Waals surface area contributed by atoms with E-state index in [0.29, 0.717) is 32.3 Å². The van der Waals surface area contributed by atoms with Crippen LogP contribution in [0.25, 0.3) is 0 Å². The van der Waals surface area contributed by atoms with Gasteiger partial charge in [-0.15, -0.1) is 0 Å². The fourth-order valence-corrected chi connectivity index (χ4v) is 4.08. The second kappa shape index (κ2) is 7.64. The molecular formula is C20H26FNO4. The number of halogens is 1. The van der Waals surface area contributed by atoms with E-state index in [1.165, 1.54) is 19.2 Å². The molecule has 142 valence electrons. The Kier molecular flexibility index (Phi) is 5.49. The Labute approximate surface area is 153 Å². The van der Waals surface area contributed by atoms with E-state index < -0.39 is 5.41 Å². The average molecular weight is 363 g/mol. The summed E-state index contributed by atoms with van der Waals surface area (Å²) < 4.78 is 23.7. The third-order valence-electron chi connectivity index (χ3n) is 5.59. The molecule has 0 aliphatic heterocycles. The minimum Gasteiger partial charge on any atom is -0.465 e. The van der Waals surface area contributed by atoms with Crippen molar-refractivity contribution in [3.05, 3.63) is 35.6 Å². The SMILES string of the molecule is CCOC(=O)C1(c2ccc(F)cc2)CCC(N(C(=O)OC)C2CC2)CC1. The predicted octanol–water partition coefficient (Wildman–Crippen LogP) is 3.80. The van der Waals surface area contributed by atoms with Crippen LogP contribution < -0.4 is 0 Å². The Morgan fingerprint density at radius 3 is 2.19 bits per heavy atom. The zero-order valence-corrected chi connectivity index (χ0v) is 15.4. The van der Waals surface area contributed by atoms with Gasteiger partial charge >= 0.3 is 12.1 Å². The molecule has 0 radical (unpaired) electrons. The molecule has 3 rings (SSSR count). The Morgan fingerprint density at radius 1 is 1.12 bits per heavy atom. The van der Waals surface area contributed by atoms with Gasteiger partial charge in [0.05, 0.1) is 19.1 Å². The Bertz CT molecular complexity index is 648. The smallest absolute Gasteiger partial charge is 0.409 e. The molecule has 5 nitrogen and oxygen atoms in total. The molecule has 2 aliphatic rings. The molecule has 0 saturated heterocycles. The number of nitrogens with zero attached hydrogens (tertiary/aromatic N) is 1. The van der Waals surface area contributed by atoms with E-state index >= 15 is 0 Å². The summed E-state index contributed by atoms with van der Waals surface area (Å²) >= 11 is 0. The van der Waals surface area contributed by atoms with Crippen LogP contribution in [-0.2, 0) is 19.7 Å². The van der Waals surface area contributed by atoms with Gasteiger partial charge in [-0.25, -0.2) is 9.18 Å². The molecule has 2 saturated carbocycles. The number of esters is 1. The summed E-state index contributed by atoms with van der Waals surface area (Å²) in [6.45, 7) is 2.09. The van der Waals surface area contributed by atoms with Gasteiger partial charge in [-0.05, 0) is 63.1 Å². The first-order valence-corrected chi connectivity index (χ1v) is 9.31. The lowest BCUT2D eigenvalue weighted by Crippen LogP contribution is -2.49. The molecule has 1 aromatic rings. The van der Waals surface area contributed by atoms with Crippen molar-refractivity contribution in [3.8, 4) is 0 Å². The van der Waals surface area contributed by atoms with Crippen LogP contribution >= 0.6 is 0 Å². The number of rotatable bonds is 5. The molecule has 2 aliphatic carbocycles. The van der Waals surface area contributed by atoms with Gasteiger partial charge in [0.1, 0.15) is 5.82 Å². The van der Waals surface area contributed by atoms with Gasteiger partial charge in [0, 0.05) is 12.1 Å². The maximum atomic E-state index is 13.3. The fraction of sp³-hybridized carbons (Fsp3) is 0.600. The molecule has 1 amide bonds. The second-order valence-corrected chi connectivity index (χ2v) is 7.15. The summed E-state index contributed by atoms with van der Waals surface area (Å²) in [5.41, 5.74) is 0.0118. The van der Waals surface area contributed by atoms with Crippen molar-refractivity contribution in [1.29, 1.82) is 0 Å². The van der Waals surface area contributed by atoms with Crippen molar-refractivity contribution < 1.29 is 23.5 Å². The van der Waals surface area contributed by atoms with Crippen LogP contribution in [0.1, 0.15) is 51.0 Å². The lowest BCUT2D eigenvalue weighted by molar-refractivity contribution is -0.152. The van der Waals surface area contributed by atoms with Gasteiger partial charge in [0.2, 0.25) is 0 Å². The Hall–Kier alpha value is -2.11. The lowest BCUT2D eigenvalue weighted by Gasteiger charge is -2.42. The monoisotopic (exact) mass is 363 g/mol. The third kappa shape index (κ3) is 3.55. The first-order chi connectivity index (χ1) is 12.5. The van der Waals surface area contributed by atoms with E-state index in [9.17, 15) is 14.0 Å². The zero-order valence-electron chi connectivity index (χ0n) is 15.4. The van der Waals surface area contributed by atoms with Crippen molar-refractivity contribution in [2.75, 3.05) is 13.7 Å². The van der Waals surface area contributed by atoms with E-state index in [4.69, 9.17) is 9.47 Å². The Balaban J connectivity index is 1.81. The number of hydrogen-bond donors (Lipinski definition) is 0. The minimum absolute atomic E-state index is 0.0675. The average Bonchev–Trinajstić information content (AvgIpc) is 3.48. The van der Waals surface area contributed by atoms with Gasteiger partial charge in [-0.2, -0.15) is 0 Å². The maximum Gasteiger partial charge on any atom is 0.409 e. The molecule has 0 spiro atoms. The molecule has 2 fully saturated rings. The van der Waals surface area contributed by atoms with E-state index in [1.807, 2.05) is 4.90 Å². The van der Waals surface area contributed by atoms with Crippen LogP contribution in [0.5, 0.6) is 0 Å². The number of carbonyl (C=O) groups is 2. The third-order valence-corrected chi connectivity index (χ3v) is 5.59. The fourth-order valence-electron chi connectivity index (χ4n) is 4.08. The summed E-state index contributed by atoms with van der Waals surface area (Å²) in [5, 5.41) is 0. The molecule has 0 bridgehead atoms. The van der Waals surface area contributed by atoms with Crippen molar-refractivity contribution in [1.82, 2.24) is 4.90 Å². The number of carbonyl (C=O) groups excluding carboxylic acids is 2. The van der Waals surface area contributed by atoms with E-state index in [-0.39, 0.29) is 30.0 Å². The van der Waals surface area contributed by atoms with Crippen molar-refractivity contribution in [2.45, 2.75) is 62.9 Å². The van der Waals surface area contributed by atoms with Crippen LogP contribution in [0.3, 0.4) is 0 Å². The highest BCUT2D eigenvalue weighted by atomic mass is 19.1. The molecule has 0 atom stereocenters. The normalized spacial score (nSPS) is 25.4. The van der Waals surface area contributed by atoms with Crippen molar-refractivity contribution in [2.24, 2.45) is 0 Å². The van der Waals surface area contributed by atoms with E-state index in [1.54, 1.807) is 19.1 Å². The second-order valence-electron chi connectivity index (χ2n) is 7.15. The van der Waals surface area contributed by atoms with Gasteiger partial charge < -0.3 is 14.4 Å². The molecule has 0 aromatic heterocycles. The van der Waals surface area contributed by atoms with Gasteiger partial charge in [-0.1, -0.05) is 12.1 Å². The zero-order chi connectivity index (χ0) is 18.7. The number of benzene rings is 1. The van der Waals surface area contributed by atoms with Crippen LogP contribution in [0, 0.1) is 5.82 Å². The summed E-state index contributed by atoms with van der Waals surface area (Å²) in [7, 11) is 1.40. The molecule has 6 heteroatoms. The lowest BCUT2D eigenvalue weighted by atomic mass is 9.68. The number of hydrogen-bond acceptors (Lipinski definition) is 4. The number of amides is 1. The van der Waals surface area contributed by atoms with Gasteiger partial charge in [0.15, 0.2) is 0 Å². The van der Waals surface area contributed by atoms with Crippen LogP contribution in [0.4, 0.5) is 9.18 Å².